The Bertz CT molecular complexity index is 396. The third kappa shape index (κ3) is 1.95. The van der Waals surface area contributed by atoms with Crippen molar-refractivity contribution in [3.63, 3.8) is 0 Å². The van der Waals surface area contributed by atoms with E-state index < -0.39 is 12.9 Å². The smallest absolute Gasteiger partial charge is 0.253 e. The van der Waals surface area contributed by atoms with Gasteiger partial charge in [-0.15, -0.1) is 0 Å². The fourth-order valence-corrected chi connectivity index (χ4v) is 1.43. The van der Waals surface area contributed by atoms with Crippen LogP contribution in [-0.4, -0.2) is 17.9 Å². The molecule has 1 heterocycles. The lowest BCUT2D eigenvalue weighted by molar-refractivity contribution is 0.0962. The summed E-state index contributed by atoms with van der Waals surface area (Å²) in [6.45, 7) is -2.52. The highest BCUT2D eigenvalue weighted by Gasteiger charge is 2.08. The van der Waals surface area contributed by atoms with E-state index in [9.17, 15) is 4.79 Å². The minimum Gasteiger partial charge on any atom is -0.355 e. The van der Waals surface area contributed by atoms with Crippen molar-refractivity contribution in [2.24, 2.45) is 0 Å². The van der Waals surface area contributed by atoms with Crippen LogP contribution in [0.1, 0.15) is 14.5 Å². The van der Waals surface area contributed by atoms with Gasteiger partial charge in [-0.2, -0.15) is 0 Å². The van der Waals surface area contributed by atoms with Gasteiger partial charge in [-0.1, -0.05) is 11.6 Å². The Hall–Kier alpha value is -0.610. The van der Waals surface area contributed by atoms with Crippen LogP contribution >= 0.6 is 27.5 Å². The molecule has 0 aliphatic heterocycles. The van der Waals surface area contributed by atoms with Crippen LogP contribution < -0.4 is 5.32 Å². The zero-order valence-electron chi connectivity index (χ0n) is 8.77. The number of pyridine rings is 1. The highest BCUT2D eigenvalue weighted by atomic mass is 79.9. The number of halogens is 2. The van der Waals surface area contributed by atoms with Crippen molar-refractivity contribution in [1.82, 2.24) is 10.3 Å². The molecule has 64 valence electrons. The normalized spacial score (nSPS) is 14.3. The minimum absolute atomic E-state index is 0.121. The molecule has 0 aliphatic carbocycles. The van der Waals surface area contributed by atoms with Crippen molar-refractivity contribution in [2.75, 3.05) is 6.98 Å². The molecule has 0 radical (unpaired) electrons. The Morgan fingerprint density at radius 3 is 3.25 bits per heavy atom. The van der Waals surface area contributed by atoms with Crippen LogP contribution in [0.25, 0.3) is 0 Å². The third-order valence-electron chi connectivity index (χ3n) is 1.18. The average molecular weight is 253 g/mol. The molecule has 0 bridgehead atoms. The molecule has 1 aromatic heterocycles. The Kier molecular flexibility index (Phi) is 1.91. The summed E-state index contributed by atoms with van der Waals surface area (Å²) in [6, 6.07) is 1.41. The fraction of sp³-hybridized carbons (Fsp3) is 0.143. The molecule has 0 atom stereocenters. The maximum absolute atomic E-state index is 11.4. The van der Waals surface area contributed by atoms with Gasteiger partial charge in [0, 0.05) is 21.8 Å². The average Bonchev–Trinajstić information content (AvgIpc) is 1.99. The summed E-state index contributed by atoms with van der Waals surface area (Å²) in [6.07, 6.45) is 1.20. The molecule has 0 saturated heterocycles. The first-order chi connectivity index (χ1) is 6.79. The van der Waals surface area contributed by atoms with Crippen LogP contribution in [0.2, 0.25) is 5.15 Å². The lowest BCUT2D eigenvalue weighted by Gasteiger charge is -2.01. The summed E-state index contributed by atoms with van der Waals surface area (Å²) >= 11 is 8.66. The highest BCUT2D eigenvalue weighted by Crippen LogP contribution is 2.18. The number of rotatable bonds is 1. The molecule has 3 nitrogen and oxygen atoms in total. The number of nitrogens with one attached hydrogen (secondary N) is 1. The van der Waals surface area contributed by atoms with Crippen LogP contribution in [0.15, 0.2) is 16.7 Å². The van der Waals surface area contributed by atoms with Gasteiger partial charge in [0.05, 0.1) is 5.56 Å². The number of aromatic nitrogens is 1. The van der Waals surface area contributed by atoms with Gasteiger partial charge in [0.2, 0.25) is 0 Å². The van der Waals surface area contributed by atoms with Gasteiger partial charge < -0.3 is 5.32 Å². The van der Waals surface area contributed by atoms with E-state index in [-0.39, 0.29) is 10.7 Å². The summed E-state index contributed by atoms with van der Waals surface area (Å²) in [5, 5.41) is 2.06. The third-order valence-corrected chi connectivity index (χ3v) is 2.04. The Morgan fingerprint density at radius 2 is 2.67 bits per heavy atom. The van der Waals surface area contributed by atoms with Gasteiger partial charge in [-0.05, 0) is 22.0 Å². The standard InChI is InChI=1S/C7H6BrClN2O/c1-10-7(12)4-3-11-6(9)2-5(4)8/h2-3H,1H3,(H,10,12)/i1D3. The molecular weight excluding hydrogens is 243 g/mol. The van der Waals surface area contributed by atoms with Crippen molar-refractivity contribution in [1.29, 1.82) is 0 Å². The second-order valence-electron chi connectivity index (χ2n) is 1.94. The Balaban J connectivity index is 2.92. The molecule has 0 unspecified atom stereocenters. The maximum atomic E-state index is 11.4. The number of carbonyl (C=O) groups excluding carboxylic acids is 1. The summed E-state index contributed by atoms with van der Waals surface area (Å²) < 4.78 is 21.0. The van der Waals surface area contributed by atoms with Gasteiger partial charge in [-0.3, -0.25) is 4.79 Å². The summed E-state index contributed by atoms with van der Waals surface area (Å²) in [7, 11) is 0. The van der Waals surface area contributed by atoms with Crippen LogP contribution in [0.4, 0.5) is 0 Å². The monoisotopic (exact) mass is 251 g/mol. The molecule has 1 rings (SSSR count). The SMILES string of the molecule is [2H]C([2H])([2H])NC(=O)c1cnc(Cl)cc1Br. The van der Waals surface area contributed by atoms with Gasteiger partial charge in [0.1, 0.15) is 5.15 Å². The topological polar surface area (TPSA) is 42.0 Å². The Morgan fingerprint density at radius 1 is 1.92 bits per heavy atom. The lowest BCUT2D eigenvalue weighted by atomic mass is 10.3. The number of nitrogens with zero attached hydrogens (tertiary/aromatic N) is 1. The molecule has 1 N–H and O–H groups in total. The molecule has 5 heteroatoms. The van der Waals surface area contributed by atoms with Crippen molar-refractivity contribution in [2.45, 2.75) is 0 Å². The molecule has 0 aliphatic rings. The summed E-state index contributed by atoms with van der Waals surface area (Å²) in [5.74, 6) is -0.731. The van der Waals surface area contributed by atoms with E-state index in [0.717, 1.165) is 0 Å². The fourth-order valence-electron chi connectivity index (χ4n) is 0.642. The quantitative estimate of drug-likeness (QED) is 0.775. The maximum Gasteiger partial charge on any atom is 0.253 e. The van der Waals surface area contributed by atoms with Crippen molar-refractivity contribution < 1.29 is 8.91 Å². The molecule has 0 fully saturated rings. The van der Waals surface area contributed by atoms with E-state index in [1.165, 1.54) is 12.3 Å². The Labute approximate surface area is 87.5 Å². The van der Waals surface area contributed by atoms with Crippen molar-refractivity contribution in [3.8, 4) is 0 Å². The predicted molar refractivity (Wildman–Crippen MR) is 50.3 cm³/mol. The van der Waals surface area contributed by atoms with E-state index >= 15 is 0 Å². The van der Waals surface area contributed by atoms with Crippen molar-refractivity contribution in [3.05, 3.63) is 27.5 Å². The first-order valence-corrected chi connectivity index (χ1v) is 4.10. The van der Waals surface area contributed by atoms with Crippen LogP contribution in [0.5, 0.6) is 0 Å². The van der Waals surface area contributed by atoms with Gasteiger partial charge in [0.25, 0.3) is 5.91 Å². The zero-order valence-corrected chi connectivity index (χ0v) is 8.11. The van der Waals surface area contributed by atoms with Gasteiger partial charge >= 0.3 is 0 Å². The van der Waals surface area contributed by atoms with Crippen LogP contribution in [0.3, 0.4) is 0 Å². The second-order valence-corrected chi connectivity index (χ2v) is 3.18. The highest BCUT2D eigenvalue weighted by molar-refractivity contribution is 9.10. The predicted octanol–water partition coefficient (Wildman–Crippen LogP) is 1.86. The summed E-state index contributed by atoms with van der Waals surface area (Å²) in [5.41, 5.74) is 0.121. The molecule has 1 amide bonds. The molecule has 0 aromatic carbocycles. The number of carbonyl (C=O) groups is 1. The van der Waals surface area contributed by atoms with E-state index in [4.69, 9.17) is 15.7 Å². The number of hydrogen-bond donors (Lipinski definition) is 1. The zero-order chi connectivity index (χ0) is 11.6. The molecular formula is C7H6BrClN2O. The minimum atomic E-state index is -2.52. The molecule has 0 spiro atoms. The van der Waals surface area contributed by atoms with E-state index in [2.05, 4.69) is 20.9 Å². The van der Waals surface area contributed by atoms with E-state index in [1.54, 1.807) is 0 Å². The molecule has 0 saturated carbocycles. The van der Waals surface area contributed by atoms with Crippen LogP contribution in [-0.2, 0) is 0 Å². The first kappa shape index (κ1) is 5.94. The van der Waals surface area contributed by atoms with Crippen molar-refractivity contribution >= 4 is 33.4 Å². The molecule has 12 heavy (non-hydrogen) atoms. The number of hydrogen-bond acceptors (Lipinski definition) is 2. The largest absolute Gasteiger partial charge is 0.355 e. The van der Waals surface area contributed by atoms with Gasteiger partial charge in [-0.25, -0.2) is 4.98 Å². The van der Waals surface area contributed by atoms with Gasteiger partial charge in [0.15, 0.2) is 0 Å². The second kappa shape index (κ2) is 3.87. The van der Waals surface area contributed by atoms with Crippen LogP contribution in [0, 0.1) is 0 Å². The number of amides is 1. The summed E-state index contributed by atoms with van der Waals surface area (Å²) in [4.78, 5) is 15.1. The van der Waals surface area contributed by atoms with E-state index in [1.807, 2.05) is 5.32 Å². The molecule has 1 aromatic rings. The first-order valence-electron chi connectivity index (χ1n) is 4.43. The lowest BCUT2D eigenvalue weighted by Crippen LogP contribution is -2.18. The van der Waals surface area contributed by atoms with E-state index in [0.29, 0.717) is 4.47 Å².